The van der Waals surface area contributed by atoms with Crippen molar-refractivity contribution in [3.63, 3.8) is 0 Å². The molecule has 7 nitrogen and oxygen atoms in total. The molecule has 1 saturated heterocycles. The molecule has 3 N–H and O–H groups in total. The largest absolute Gasteiger partial charge is 0.507 e. The standard InChI is InChI=1S/C20H19N5O.C3H7N/c1-24-12-13-10-14(19(26)11-18(13)23-24)15-4-5-17-16(21-15)6-7-20(22-17)25-8-2-3-9-25;4-3-1-2-3/h4-7,10-12,26H,2-3,8-9H2,1H3;3H,1-2,4H2. The molecule has 30 heavy (non-hydrogen) atoms. The Morgan fingerprint density at radius 2 is 1.67 bits per heavy atom. The summed E-state index contributed by atoms with van der Waals surface area (Å²) >= 11 is 0. The summed E-state index contributed by atoms with van der Waals surface area (Å²) < 4.78 is 1.74. The van der Waals surface area contributed by atoms with Gasteiger partial charge in [0.05, 0.1) is 22.2 Å². The number of phenolic OH excluding ortho intramolecular Hbond substituents is 1. The third-order valence-corrected chi connectivity index (χ3v) is 5.59. The van der Waals surface area contributed by atoms with Crippen molar-refractivity contribution in [3.05, 3.63) is 42.6 Å². The predicted octanol–water partition coefficient (Wildman–Crippen LogP) is 3.60. The van der Waals surface area contributed by atoms with Crippen LogP contribution >= 0.6 is 0 Å². The van der Waals surface area contributed by atoms with Crippen molar-refractivity contribution in [2.24, 2.45) is 12.8 Å². The second-order valence-corrected chi connectivity index (χ2v) is 8.17. The highest BCUT2D eigenvalue weighted by molar-refractivity contribution is 5.88. The molecule has 0 atom stereocenters. The Hall–Kier alpha value is -3.19. The number of aromatic hydroxyl groups is 1. The number of nitrogens with zero attached hydrogens (tertiary/aromatic N) is 5. The van der Waals surface area contributed by atoms with Crippen LogP contribution in [0.5, 0.6) is 5.75 Å². The smallest absolute Gasteiger partial charge is 0.129 e. The normalized spacial score (nSPS) is 16.1. The van der Waals surface area contributed by atoms with Gasteiger partial charge in [-0.2, -0.15) is 5.10 Å². The van der Waals surface area contributed by atoms with Gasteiger partial charge in [0.25, 0.3) is 0 Å². The molecular formula is C23H26N6O. The maximum absolute atomic E-state index is 10.4. The fourth-order valence-corrected chi connectivity index (χ4v) is 3.76. The van der Waals surface area contributed by atoms with Gasteiger partial charge in [-0.25, -0.2) is 9.97 Å². The van der Waals surface area contributed by atoms with Crippen LogP contribution in [0, 0.1) is 0 Å². The van der Waals surface area contributed by atoms with E-state index in [-0.39, 0.29) is 5.75 Å². The van der Waals surface area contributed by atoms with Gasteiger partial charge in [-0.1, -0.05) is 0 Å². The molecule has 0 amide bonds. The van der Waals surface area contributed by atoms with E-state index in [0.717, 1.165) is 46.5 Å². The molecule has 2 aliphatic rings. The van der Waals surface area contributed by atoms with Crippen LogP contribution in [0.2, 0.25) is 0 Å². The molecule has 0 unspecified atom stereocenters. The fourth-order valence-electron chi connectivity index (χ4n) is 3.76. The van der Waals surface area contributed by atoms with E-state index >= 15 is 0 Å². The van der Waals surface area contributed by atoms with Crippen LogP contribution in [0.1, 0.15) is 25.7 Å². The summed E-state index contributed by atoms with van der Waals surface area (Å²) in [6.07, 6.45) is 6.92. The van der Waals surface area contributed by atoms with Gasteiger partial charge in [-0.3, -0.25) is 4.68 Å². The van der Waals surface area contributed by atoms with E-state index < -0.39 is 0 Å². The van der Waals surface area contributed by atoms with Gasteiger partial charge in [0.1, 0.15) is 11.6 Å². The first kappa shape index (κ1) is 18.8. The summed E-state index contributed by atoms with van der Waals surface area (Å²) in [5.41, 5.74) is 9.13. The summed E-state index contributed by atoms with van der Waals surface area (Å²) in [6, 6.07) is 12.1. The fraction of sp³-hybridized carbons (Fsp3) is 0.348. The number of fused-ring (bicyclic) bond motifs is 2. The van der Waals surface area contributed by atoms with Gasteiger partial charge in [0, 0.05) is 49.4 Å². The minimum absolute atomic E-state index is 0.185. The highest BCUT2D eigenvalue weighted by atomic mass is 16.3. The summed E-state index contributed by atoms with van der Waals surface area (Å²) in [4.78, 5) is 11.8. The summed E-state index contributed by atoms with van der Waals surface area (Å²) in [7, 11) is 1.87. The topological polar surface area (TPSA) is 93.1 Å². The summed E-state index contributed by atoms with van der Waals surface area (Å²) in [5.74, 6) is 1.20. The lowest BCUT2D eigenvalue weighted by molar-refractivity contribution is 0.478. The average molecular weight is 403 g/mol. The van der Waals surface area contributed by atoms with E-state index in [2.05, 4.69) is 10.00 Å². The van der Waals surface area contributed by atoms with Crippen LogP contribution in [0.4, 0.5) is 5.82 Å². The van der Waals surface area contributed by atoms with Gasteiger partial charge in [-0.05, 0) is 56.0 Å². The Labute approximate surface area is 175 Å². The lowest BCUT2D eigenvalue weighted by atomic mass is 10.1. The number of phenols is 1. The molecule has 7 heteroatoms. The molecule has 0 bridgehead atoms. The average Bonchev–Trinajstić information content (AvgIpc) is 3.19. The number of aryl methyl sites for hydroxylation is 1. The number of pyridine rings is 2. The zero-order valence-electron chi connectivity index (χ0n) is 17.1. The van der Waals surface area contributed by atoms with Crippen molar-refractivity contribution in [1.82, 2.24) is 19.7 Å². The Morgan fingerprint density at radius 1 is 0.967 bits per heavy atom. The monoisotopic (exact) mass is 402 g/mol. The lowest BCUT2D eigenvalue weighted by Gasteiger charge is -2.16. The van der Waals surface area contributed by atoms with Crippen LogP contribution in [-0.4, -0.2) is 44.0 Å². The van der Waals surface area contributed by atoms with Crippen molar-refractivity contribution in [3.8, 4) is 17.0 Å². The van der Waals surface area contributed by atoms with Crippen molar-refractivity contribution in [2.75, 3.05) is 18.0 Å². The zero-order valence-corrected chi connectivity index (χ0v) is 17.1. The highest BCUT2D eigenvalue weighted by Gasteiger charge is 2.15. The van der Waals surface area contributed by atoms with Crippen LogP contribution < -0.4 is 10.6 Å². The van der Waals surface area contributed by atoms with Crippen molar-refractivity contribution >= 4 is 27.8 Å². The molecule has 0 spiro atoms. The molecule has 0 radical (unpaired) electrons. The number of aromatic nitrogens is 4. The number of hydrogen-bond acceptors (Lipinski definition) is 6. The minimum Gasteiger partial charge on any atom is -0.507 e. The second-order valence-electron chi connectivity index (χ2n) is 8.17. The van der Waals surface area contributed by atoms with E-state index in [4.69, 9.17) is 15.7 Å². The first-order valence-corrected chi connectivity index (χ1v) is 10.5. The summed E-state index contributed by atoms with van der Waals surface area (Å²) in [5, 5.41) is 15.7. The molecule has 1 aliphatic heterocycles. The predicted molar refractivity (Wildman–Crippen MR) is 120 cm³/mol. The van der Waals surface area contributed by atoms with Crippen LogP contribution in [0.25, 0.3) is 33.2 Å². The quantitative estimate of drug-likeness (QED) is 0.532. The molecule has 1 aliphatic carbocycles. The van der Waals surface area contributed by atoms with Crippen LogP contribution in [0.3, 0.4) is 0 Å². The highest BCUT2D eigenvalue weighted by Crippen LogP contribution is 2.33. The van der Waals surface area contributed by atoms with E-state index in [0.29, 0.717) is 11.6 Å². The number of hydrogen-bond donors (Lipinski definition) is 2. The van der Waals surface area contributed by atoms with Crippen molar-refractivity contribution in [1.29, 1.82) is 0 Å². The van der Waals surface area contributed by atoms with Gasteiger partial charge in [0.15, 0.2) is 0 Å². The number of rotatable bonds is 2. The first-order chi connectivity index (χ1) is 14.6. The second kappa shape index (κ2) is 7.57. The Bertz CT molecular complexity index is 1210. The van der Waals surface area contributed by atoms with E-state index in [9.17, 15) is 5.11 Å². The number of benzene rings is 1. The molecule has 2 fully saturated rings. The van der Waals surface area contributed by atoms with Gasteiger partial charge in [0.2, 0.25) is 0 Å². The third-order valence-electron chi connectivity index (χ3n) is 5.59. The van der Waals surface area contributed by atoms with E-state index in [1.807, 2.05) is 43.6 Å². The van der Waals surface area contributed by atoms with Crippen molar-refractivity contribution < 1.29 is 5.11 Å². The van der Waals surface area contributed by atoms with E-state index in [1.54, 1.807) is 10.7 Å². The molecule has 4 heterocycles. The number of nitrogens with two attached hydrogens (primary N) is 1. The van der Waals surface area contributed by atoms with Gasteiger partial charge >= 0.3 is 0 Å². The summed E-state index contributed by atoms with van der Waals surface area (Å²) in [6.45, 7) is 2.14. The number of anilines is 1. The molecule has 154 valence electrons. The Morgan fingerprint density at radius 3 is 2.40 bits per heavy atom. The van der Waals surface area contributed by atoms with Crippen LogP contribution in [-0.2, 0) is 7.05 Å². The molecule has 6 rings (SSSR count). The zero-order chi connectivity index (χ0) is 20.7. The Balaban J connectivity index is 0.000000434. The minimum atomic E-state index is 0.185. The van der Waals surface area contributed by atoms with Crippen molar-refractivity contribution in [2.45, 2.75) is 31.7 Å². The maximum atomic E-state index is 10.4. The van der Waals surface area contributed by atoms with Crippen LogP contribution in [0.15, 0.2) is 42.6 Å². The SMILES string of the molecule is Cn1cc2cc(-c3ccc4nc(N5CCCC5)ccc4n3)c(O)cc2n1.NC1CC1. The lowest BCUT2D eigenvalue weighted by Crippen LogP contribution is -2.18. The molecule has 1 aromatic carbocycles. The maximum Gasteiger partial charge on any atom is 0.129 e. The van der Waals surface area contributed by atoms with Gasteiger partial charge < -0.3 is 15.7 Å². The molecule has 3 aromatic heterocycles. The molecule has 4 aromatic rings. The van der Waals surface area contributed by atoms with E-state index in [1.165, 1.54) is 25.7 Å². The third kappa shape index (κ3) is 3.80. The first-order valence-electron chi connectivity index (χ1n) is 10.5. The molecule has 1 saturated carbocycles. The molecular weight excluding hydrogens is 376 g/mol. The van der Waals surface area contributed by atoms with Gasteiger partial charge in [-0.15, -0.1) is 0 Å². The Kier molecular flexibility index (Phi) is 4.75.